The lowest BCUT2D eigenvalue weighted by atomic mass is 9.94. The Morgan fingerprint density at radius 1 is 1.36 bits per heavy atom. The van der Waals surface area contributed by atoms with Gasteiger partial charge in [0.2, 0.25) is 6.33 Å². The Kier molecular flexibility index (Phi) is 7.28. The van der Waals surface area contributed by atoms with E-state index >= 15 is 0 Å². The van der Waals surface area contributed by atoms with E-state index < -0.39 is 0 Å². The molecular weight excluding hydrogens is 431 g/mol. The van der Waals surface area contributed by atoms with Crippen molar-refractivity contribution in [1.29, 1.82) is 0 Å². The zero-order valence-electron chi connectivity index (χ0n) is 14.5. The van der Waals surface area contributed by atoms with E-state index in [9.17, 15) is 9.90 Å². The van der Waals surface area contributed by atoms with Crippen LogP contribution in [0, 0.1) is 0 Å². The molecule has 5 nitrogen and oxygen atoms in total. The summed E-state index contributed by atoms with van der Waals surface area (Å²) in [5.41, 5.74) is 1.65. The van der Waals surface area contributed by atoms with Crippen molar-refractivity contribution in [2.75, 3.05) is 6.61 Å². The predicted octanol–water partition coefficient (Wildman–Crippen LogP) is -0.534. The Bertz CT molecular complexity index is 708. The summed E-state index contributed by atoms with van der Waals surface area (Å²) in [5.74, 6) is 0.402. The number of phenolic OH excluding ortho intramolecular Hbond substituents is 1. The molecule has 0 aliphatic heterocycles. The number of imidazole rings is 1. The van der Waals surface area contributed by atoms with E-state index in [0.29, 0.717) is 24.6 Å². The van der Waals surface area contributed by atoms with Crippen LogP contribution >= 0.6 is 0 Å². The van der Waals surface area contributed by atoms with Gasteiger partial charge in [-0.2, -0.15) is 0 Å². The fourth-order valence-electron chi connectivity index (χ4n) is 3.43. The van der Waals surface area contributed by atoms with Gasteiger partial charge in [-0.15, -0.1) is 0 Å². The SMILES string of the molecule is C[n+]1ccn(CCOC(=O)Cc2cccc(C3CCCC3)c2O)c1.[I-]. The normalized spacial score (nSPS) is 14.3. The van der Waals surface area contributed by atoms with Gasteiger partial charge in [-0.1, -0.05) is 31.0 Å². The highest BCUT2D eigenvalue weighted by Gasteiger charge is 2.22. The van der Waals surface area contributed by atoms with Crippen LogP contribution in [-0.2, 0) is 29.5 Å². The van der Waals surface area contributed by atoms with Crippen molar-refractivity contribution in [3.63, 3.8) is 0 Å². The molecule has 0 atom stereocenters. The van der Waals surface area contributed by atoms with E-state index in [1.54, 1.807) is 6.07 Å². The number of phenols is 1. The number of para-hydroxylation sites is 1. The molecule has 1 heterocycles. The van der Waals surface area contributed by atoms with Crippen LogP contribution < -0.4 is 28.5 Å². The van der Waals surface area contributed by atoms with Crippen LogP contribution in [0.5, 0.6) is 5.75 Å². The van der Waals surface area contributed by atoms with Crippen molar-refractivity contribution < 1.29 is 43.2 Å². The molecule has 1 saturated carbocycles. The molecule has 6 heteroatoms. The Labute approximate surface area is 165 Å². The maximum absolute atomic E-state index is 12.0. The summed E-state index contributed by atoms with van der Waals surface area (Å²) in [7, 11) is 1.95. The van der Waals surface area contributed by atoms with E-state index in [1.165, 1.54) is 12.8 Å². The maximum Gasteiger partial charge on any atom is 0.310 e. The number of aromatic nitrogens is 2. The first-order chi connectivity index (χ1) is 11.6. The number of esters is 1. The number of ether oxygens (including phenoxy) is 1. The monoisotopic (exact) mass is 456 g/mol. The highest BCUT2D eigenvalue weighted by atomic mass is 127. The molecule has 1 fully saturated rings. The van der Waals surface area contributed by atoms with E-state index in [-0.39, 0.29) is 42.1 Å². The second-order valence-corrected chi connectivity index (χ2v) is 6.55. The van der Waals surface area contributed by atoms with Crippen LogP contribution in [0.4, 0.5) is 0 Å². The highest BCUT2D eigenvalue weighted by molar-refractivity contribution is 5.73. The summed E-state index contributed by atoms with van der Waals surface area (Å²) in [6.07, 6.45) is 10.6. The molecule has 1 aromatic carbocycles. The van der Waals surface area contributed by atoms with Crippen molar-refractivity contribution in [1.82, 2.24) is 4.57 Å². The van der Waals surface area contributed by atoms with Gasteiger partial charge in [0.25, 0.3) is 0 Å². The molecule has 0 radical (unpaired) electrons. The van der Waals surface area contributed by atoms with Crippen LogP contribution in [-0.4, -0.2) is 22.2 Å². The van der Waals surface area contributed by atoms with Gasteiger partial charge in [0.05, 0.1) is 13.5 Å². The summed E-state index contributed by atoms with van der Waals surface area (Å²) < 4.78 is 9.20. The predicted molar refractivity (Wildman–Crippen MR) is 89.6 cm³/mol. The van der Waals surface area contributed by atoms with Crippen LogP contribution in [0.3, 0.4) is 0 Å². The van der Waals surface area contributed by atoms with Gasteiger partial charge in [-0.3, -0.25) is 4.79 Å². The smallest absolute Gasteiger partial charge is 0.310 e. The largest absolute Gasteiger partial charge is 1.00 e. The molecule has 1 aliphatic rings. The molecule has 2 aromatic rings. The summed E-state index contributed by atoms with van der Waals surface area (Å²) >= 11 is 0. The Morgan fingerprint density at radius 3 is 2.80 bits per heavy atom. The number of benzene rings is 1. The maximum atomic E-state index is 12.0. The summed E-state index contributed by atoms with van der Waals surface area (Å²) in [5, 5.41) is 10.5. The molecule has 3 rings (SSSR count). The molecular formula is C19H25IN2O3. The fourth-order valence-corrected chi connectivity index (χ4v) is 3.43. The zero-order chi connectivity index (χ0) is 16.9. The number of hydrogen-bond donors (Lipinski definition) is 1. The molecule has 0 spiro atoms. The van der Waals surface area contributed by atoms with Crippen LogP contribution in [0.1, 0.15) is 42.7 Å². The quantitative estimate of drug-likeness (QED) is 0.361. The molecule has 0 bridgehead atoms. The molecule has 0 saturated heterocycles. The Morgan fingerprint density at radius 2 is 2.12 bits per heavy atom. The Hall–Kier alpha value is -1.57. The average molecular weight is 456 g/mol. The van der Waals surface area contributed by atoms with E-state index in [4.69, 9.17) is 4.74 Å². The molecule has 25 heavy (non-hydrogen) atoms. The van der Waals surface area contributed by atoms with Crippen LogP contribution in [0.25, 0.3) is 0 Å². The number of carbonyl (C=O) groups is 1. The van der Waals surface area contributed by atoms with Gasteiger partial charge in [-0.25, -0.2) is 9.13 Å². The lowest BCUT2D eigenvalue weighted by molar-refractivity contribution is -0.671. The number of halogens is 1. The lowest BCUT2D eigenvalue weighted by Crippen LogP contribution is -3.00. The minimum absolute atomic E-state index is 0. The van der Waals surface area contributed by atoms with Gasteiger partial charge >= 0.3 is 5.97 Å². The minimum Gasteiger partial charge on any atom is -1.00 e. The van der Waals surface area contributed by atoms with Crippen molar-refractivity contribution in [3.8, 4) is 5.75 Å². The van der Waals surface area contributed by atoms with Crippen molar-refractivity contribution in [2.45, 2.75) is 44.6 Å². The number of aryl methyl sites for hydroxylation is 1. The van der Waals surface area contributed by atoms with Gasteiger partial charge in [0, 0.05) is 5.56 Å². The zero-order valence-corrected chi connectivity index (χ0v) is 16.7. The third-order valence-corrected chi connectivity index (χ3v) is 4.72. The highest BCUT2D eigenvalue weighted by Crippen LogP contribution is 2.39. The molecule has 0 unspecified atom stereocenters. The first-order valence-corrected chi connectivity index (χ1v) is 8.61. The first kappa shape index (κ1) is 19.8. The van der Waals surface area contributed by atoms with E-state index in [1.807, 2.05) is 47.0 Å². The Balaban J connectivity index is 0.00000225. The van der Waals surface area contributed by atoms with Gasteiger partial charge in [-0.05, 0) is 24.3 Å². The van der Waals surface area contributed by atoms with E-state index in [0.717, 1.165) is 18.4 Å². The number of rotatable bonds is 6. The minimum atomic E-state index is -0.301. The standard InChI is InChI=1S/C19H24N2O3.HI/c1-20-9-10-21(14-20)11-12-24-18(22)13-16-7-4-8-17(19(16)23)15-5-2-3-6-15;/h4,7-10,14-15H,2-3,5-6,11-13H2,1H3;1H. The second-order valence-electron chi connectivity index (χ2n) is 6.55. The third-order valence-electron chi connectivity index (χ3n) is 4.72. The van der Waals surface area contributed by atoms with Gasteiger partial charge in [0.15, 0.2) is 0 Å². The van der Waals surface area contributed by atoms with Crippen LogP contribution in [0.2, 0.25) is 0 Å². The second kappa shape index (κ2) is 9.22. The molecule has 1 N–H and O–H groups in total. The lowest BCUT2D eigenvalue weighted by Gasteiger charge is -2.14. The number of carbonyl (C=O) groups excluding carboxylic acids is 1. The van der Waals surface area contributed by atoms with Crippen molar-refractivity contribution in [2.24, 2.45) is 7.05 Å². The third kappa shape index (κ3) is 5.20. The number of hydrogen-bond acceptors (Lipinski definition) is 3. The van der Waals surface area contributed by atoms with Gasteiger partial charge < -0.3 is 33.8 Å². The molecule has 1 aliphatic carbocycles. The number of nitrogens with zero attached hydrogens (tertiary/aromatic N) is 2. The number of aromatic hydroxyl groups is 1. The topological polar surface area (TPSA) is 55.3 Å². The summed E-state index contributed by atoms with van der Waals surface area (Å²) in [6.45, 7) is 0.956. The summed E-state index contributed by atoms with van der Waals surface area (Å²) in [6, 6.07) is 5.71. The van der Waals surface area contributed by atoms with E-state index in [2.05, 4.69) is 0 Å². The molecule has 1 aromatic heterocycles. The summed E-state index contributed by atoms with van der Waals surface area (Å²) in [4.78, 5) is 12.0. The molecule has 0 amide bonds. The molecule has 136 valence electrons. The van der Waals surface area contributed by atoms with Crippen molar-refractivity contribution in [3.05, 3.63) is 48.0 Å². The average Bonchev–Trinajstić information content (AvgIpc) is 3.21. The van der Waals surface area contributed by atoms with Crippen molar-refractivity contribution >= 4 is 5.97 Å². The van der Waals surface area contributed by atoms with Gasteiger partial charge in [0.1, 0.15) is 31.3 Å². The fraction of sp³-hybridized carbons (Fsp3) is 0.474. The first-order valence-electron chi connectivity index (χ1n) is 8.61. The van der Waals surface area contributed by atoms with Crippen LogP contribution in [0.15, 0.2) is 36.9 Å².